The molecule has 3 aliphatic rings. The molecule has 3 fully saturated rings. The maximum absolute atomic E-state index is 11.9. The van der Waals surface area contributed by atoms with E-state index in [1.165, 1.54) is 0 Å². The van der Waals surface area contributed by atoms with Crippen LogP contribution < -0.4 is 0 Å². The van der Waals surface area contributed by atoms with Gasteiger partial charge in [0.25, 0.3) is 0 Å². The van der Waals surface area contributed by atoms with Gasteiger partial charge in [0, 0.05) is 6.61 Å². The van der Waals surface area contributed by atoms with Gasteiger partial charge in [0.15, 0.2) is 0 Å². The third kappa shape index (κ3) is 5.66. The lowest BCUT2D eigenvalue weighted by Gasteiger charge is -2.32. The second kappa shape index (κ2) is 9.21. The molecule has 1 N–H and O–H groups in total. The van der Waals surface area contributed by atoms with Crippen molar-refractivity contribution in [1.29, 1.82) is 0 Å². The highest BCUT2D eigenvalue weighted by atomic mass is 16.6. The molecule has 6 nitrogen and oxygen atoms in total. The van der Waals surface area contributed by atoms with Gasteiger partial charge in [-0.05, 0) is 72.1 Å². The highest BCUT2D eigenvalue weighted by Gasteiger charge is 2.40. The third-order valence-electron chi connectivity index (χ3n) is 5.88. The number of aliphatic hydroxyl groups excluding tert-OH is 1. The SMILES string of the molecule is CC(C)(C)C(=O)OCCC[C@H]1O[C@H]2CC[C@H]3OCCC[C@@H]3O[C@@H]2CC[C@@H]1O. The number of hydrogen-bond acceptors (Lipinski definition) is 6. The summed E-state index contributed by atoms with van der Waals surface area (Å²) in [5, 5.41) is 10.5. The monoisotopic (exact) mass is 384 g/mol. The molecule has 0 amide bonds. The molecule has 3 heterocycles. The summed E-state index contributed by atoms with van der Waals surface area (Å²) in [5.41, 5.74) is -0.484. The predicted octanol–water partition coefficient (Wildman–Crippen LogP) is 2.99. The van der Waals surface area contributed by atoms with Crippen LogP contribution in [0.3, 0.4) is 0 Å². The largest absolute Gasteiger partial charge is 0.465 e. The molecule has 0 unspecified atom stereocenters. The molecule has 3 saturated heterocycles. The predicted molar refractivity (Wildman–Crippen MR) is 100 cm³/mol. The van der Waals surface area contributed by atoms with Gasteiger partial charge in [0.1, 0.15) is 0 Å². The number of esters is 1. The highest BCUT2D eigenvalue weighted by Crippen LogP contribution is 2.34. The molecular formula is C21H36O6. The van der Waals surface area contributed by atoms with Crippen molar-refractivity contribution in [2.45, 2.75) is 109 Å². The molecule has 0 saturated carbocycles. The fraction of sp³-hybridized carbons (Fsp3) is 0.952. The number of hydrogen-bond donors (Lipinski definition) is 1. The first-order chi connectivity index (χ1) is 12.8. The molecule has 3 aliphatic heterocycles. The van der Waals surface area contributed by atoms with Crippen LogP contribution >= 0.6 is 0 Å². The zero-order valence-electron chi connectivity index (χ0n) is 17.0. The first-order valence-electron chi connectivity index (χ1n) is 10.6. The Bertz CT molecular complexity index is 488. The van der Waals surface area contributed by atoms with E-state index in [1.54, 1.807) is 0 Å². The quantitative estimate of drug-likeness (QED) is 0.593. The molecule has 0 aliphatic carbocycles. The fourth-order valence-corrected chi connectivity index (χ4v) is 4.24. The van der Waals surface area contributed by atoms with E-state index in [2.05, 4.69) is 0 Å². The average molecular weight is 385 g/mol. The molecular weight excluding hydrogens is 348 g/mol. The first kappa shape index (κ1) is 21.0. The molecule has 3 rings (SSSR count). The minimum Gasteiger partial charge on any atom is -0.465 e. The van der Waals surface area contributed by atoms with Crippen LogP contribution in [0.2, 0.25) is 0 Å². The minimum absolute atomic E-state index is 0.0125. The summed E-state index contributed by atoms with van der Waals surface area (Å²) < 4.78 is 23.9. The summed E-state index contributed by atoms with van der Waals surface area (Å²) in [5.74, 6) is -0.190. The zero-order chi connectivity index (χ0) is 19.4. The number of ether oxygens (including phenoxy) is 4. The Labute approximate surface area is 162 Å². The molecule has 0 bridgehead atoms. The van der Waals surface area contributed by atoms with E-state index < -0.39 is 11.5 Å². The van der Waals surface area contributed by atoms with Crippen molar-refractivity contribution in [2.24, 2.45) is 5.41 Å². The van der Waals surface area contributed by atoms with E-state index in [1.807, 2.05) is 20.8 Å². The average Bonchev–Trinajstić information content (AvgIpc) is 2.88. The molecule has 0 spiro atoms. The van der Waals surface area contributed by atoms with Gasteiger partial charge < -0.3 is 24.1 Å². The molecule has 0 radical (unpaired) electrons. The van der Waals surface area contributed by atoms with Crippen molar-refractivity contribution in [1.82, 2.24) is 0 Å². The van der Waals surface area contributed by atoms with Crippen LogP contribution in [0.1, 0.15) is 72.1 Å². The second-order valence-electron chi connectivity index (χ2n) is 9.23. The summed E-state index contributed by atoms with van der Waals surface area (Å²) >= 11 is 0. The maximum Gasteiger partial charge on any atom is 0.311 e. The summed E-state index contributed by atoms with van der Waals surface area (Å²) in [6.45, 7) is 6.74. The second-order valence-corrected chi connectivity index (χ2v) is 9.23. The summed E-state index contributed by atoms with van der Waals surface area (Å²) in [6, 6.07) is 0. The van der Waals surface area contributed by atoms with Gasteiger partial charge in [0.05, 0.1) is 48.6 Å². The number of carbonyl (C=O) groups excluding carboxylic acids is 1. The molecule has 6 heteroatoms. The molecule has 0 aromatic rings. The van der Waals surface area contributed by atoms with Crippen LogP contribution in [0, 0.1) is 5.41 Å². The number of aliphatic hydroxyl groups is 1. The van der Waals surface area contributed by atoms with Crippen molar-refractivity contribution in [3.05, 3.63) is 0 Å². The van der Waals surface area contributed by atoms with Gasteiger partial charge in [-0.1, -0.05) is 0 Å². The summed E-state index contributed by atoms with van der Waals surface area (Å²) in [7, 11) is 0. The van der Waals surface area contributed by atoms with Gasteiger partial charge in [-0.2, -0.15) is 0 Å². The van der Waals surface area contributed by atoms with E-state index in [-0.39, 0.29) is 36.5 Å². The molecule has 0 aromatic carbocycles. The first-order valence-corrected chi connectivity index (χ1v) is 10.6. The summed E-state index contributed by atoms with van der Waals surface area (Å²) in [6.07, 6.45) is 6.56. The Kier molecular flexibility index (Phi) is 7.17. The number of rotatable bonds is 4. The maximum atomic E-state index is 11.9. The van der Waals surface area contributed by atoms with Crippen LogP contribution in [0.15, 0.2) is 0 Å². The van der Waals surface area contributed by atoms with Gasteiger partial charge in [0.2, 0.25) is 0 Å². The van der Waals surface area contributed by atoms with Gasteiger partial charge in [-0.25, -0.2) is 0 Å². The molecule has 156 valence electrons. The minimum atomic E-state index is -0.489. The van der Waals surface area contributed by atoms with Crippen LogP contribution in [0.5, 0.6) is 0 Å². The molecule has 0 aromatic heterocycles. The van der Waals surface area contributed by atoms with E-state index in [9.17, 15) is 9.90 Å². The number of carbonyl (C=O) groups is 1. The van der Waals surface area contributed by atoms with E-state index in [0.717, 1.165) is 38.7 Å². The van der Waals surface area contributed by atoms with Crippen LogP contribution in [0.25, 0.3) is 0 Å². The topological polar surface area (TPSA) is 74.2 Å². The van der Waals surface area contributed by atoms with Crippen LogP contribution in [-0.2, 0) is 23.7 Å². The lowest BCUT2D eigenvalue weighted by atomic mass is 9.97. The molecule has 6 atom stereocenters. The van der Waals surface area contributed by atoms with Gasteiger partial charge in [-0.15, -0.1) is 0 Å². The van der Waals surface area contributed by atoms with Crippen LogP contribution in [0.4, 0.5) is 0 Å². The van der Waals surface area contributed by atoms with Crippen molar-refractivity contribution in [2.75, 3.05) is 13.2 Å². The van der Waals surface area contributed by atoms with E-state index >= 15 is 0 Å². The van der Waals surface area contributed by atoms with Gasteiger partial charge in [-0.3, -0.25) is 4.79 Å². The Hall–Kier alpha value is -0.690. The van der Waals surface area contributed by atoms with Crippen molar-refractivity contribution in [3.63, 3.8) is 0 Å². The van der Waals surface area contributed by atoms with Crippen molar-refractivity contribution < 1.29 is 28.8 Å². The molecule has 27 heavy (non-hydrogen) atoms. The normalized spacial score (nSPS) is 37.5. The Balaban J connectivity index is 1.50. The Morgan fingerprint density at radius 1 is 1.00 bits per heavy atom. The lowest BCUT2D eigenvalue weighted by Crippen LogP contribution is -2.38. The van der Waals surface area contributed by atoms with Crippen LogP contribution in [-0.4, -0.2) is 60.9 Å². The smallest absolute Gasteiger partial charge is 0.311 e. The standard InChI is InChI=1S/C21H36O6/c1-21(2,3)20(23)25-13-4-6-15-14(22)8-9-18-19(26-15)11-10-16-17(27-18)7-5-12-24-16/h14-19,22H,4-13H2,1-3H3/t14-,15+,16+,17-,18+,19-/m0/s1. The van der Waals surface area contributed by atoms with E-state index in [4.69, 9.17) is 18.9 Å². The zero-order valence-corrected chi connectivity index (χ0v) is 17.0. The van der Waals surface area contributed by atoms with Crippen molar-refractivity contribution in [3.8, 4) is 0 Å². The van der Waals surface area contributed by atoms with E-state index in [0.29, 0.717) is 25.9 Å². The summed E-state index contributed by atoms with van der Waals surface area (Å²) in [4.78, 5) is 11.9. The fourth-order valence-electron chi connectivity index (χ4n) is 4.24. The third-order valence-corrected chi connectivity index (χ3v) is 5.88. The Morgan fingerprint density at radius 3 is 2.44 bits per heavy atom. The van der Waals surface area contributed by atoms with Crippen molar-refractivity contribution >= 4 is 5.97 Å². The lowest BCUT2D eigenvalue weighted by molar-refractivity contribution is -0.154. The number of fused-ring (bicyclic) bond motifs is 2. The highest BCUT2D eigenvalue weighted by molar-refractivity contribution is 5.75. The van der Waals surface area contributed by atoms with Gasteiger partial charge >= 0.3 is 5.97 Å². The Morgan fingerprint density at radius 2 is 1.67 bits per heavy atom.